The van der Waals surface area contributed by atoms with Gasteiger partial charge in [0.15, 0.2) is 5.78 Å². The highest BCUT2D eigenvalue weighted by molar-refractivity contribution is 5.94. The van der Waals surface area contributed by atoms with Gasteiger partial charge in [-0.2, -0.15) is 5.26 Å². The SMILES string of the molecule is CC(=O)c1ccc(-c2ccc(OC(=O)[C@H]3CC[C@H](C(=O)Oc4ccc(-c5ccc(C#N)cc5)cc4)CC3)cc2)cc1. The Balaban J connectivity index is 1.09. The summed E-state index contributed by atoms with van der Waals surface area (Å²) in [5.74, 6) is -0.104. The summed E-state index contributed by atoms with van der Waals surface area (Å²) in [6.07, 6.45) is 2.27. The van der Waals surface area contributed by atoms with Gasteiger partial charge in [-0.15, -0.1) is 0 Å². The molecule has 4 aromatic rings. The van der Waals surface area contributed by atoms with Gasteiger partial charge in [0.25, 0.3) is 0 Å². The highest BCUT2D eigenvalue weighted by atomic mass is 16.5. The second-order valence-electron chi connectivity index (χ2n) is 10.3. The van der Waals surface area contributed by atoms with Crippen molar-refractivity contribution >= 4 is 17.7 Å². The summed E-state index contributed by atoms with van der Waals surface area (Å²) in [7, 11) is 0. The van der Waals surface area contributed by atoms with Crippen molar-refractivity contribution in [1.29, 1.82) is 5.26 Å². The van der Waals surface area contributed by atoms with Gasteiger partial charge in [0.05, 0.1) is 23.5 Å². The van der Waals surface area contributed by atoms with Crippen molar-refractivity contribution < 1.29 is 23.9 Å². The van der Waals surface area contributed by atoms with Crippen molar-refractivity contribution in [3.05, 3.63) is 108 Å². The summed E-state index contributed by atoms with van der Waals surface area (Å²) in [5.41, 5.74) is 5.14. The Morgan fingerprint density at radius 2 is 0.927 bits per heavy atom. The van der Waals surface area contributed by atoms with Crippen LogP contribution in [0.1, 0.15) is 48.5 Å². The van der Waals surface area contributed by atoms with Crippen LogP contribution in [0.5, 0.6) is 11.5 Å². The number of ether oxygens (including phenoxy) is 2. The monoisotopic (exact) mass is 543 g/mol. The Hall–Kier alpha value is -5.02. The molecule has 6 nitrogen and oxygen atoms in total. The fraction of sp³-hybridized carbons (Fsp3) is 0.200. The van der Waals surface area contributed by atoms with Crippen LogP contribution in [0.3, 0.4) is 0 Å². The third kappa shape index (κ3) is 6.77. The minimum Gasteiger partial charge on any atom is -0.426 e. The summed E-state index contributed by atoms with van der Waals surface area (Å²) < 4.78 is 11.3. The zero-order valence-corrected chi connectivity index (χ0v) is 22.7. The third-order valence-electron chi connectivity index (χ3n) is 7.51. The lowest BCUT2D eigenvalue weighted by molar-refractivity contribution is -0.145. The van der Waals surface area contributed by atoms with E-state index in [0.717, 1.165) is 22.3 Å². The van der Waals surface area contributed by atoms with Crippen LogP contribution in [0.4, 0.5) is 0 Å². The quantitative estimate of drug-likeness (QED) is 0.137. The lowest BCUT2D eigenvalue weighted by atomic mass is 9.82. The van der Waals surface area contributed by atoms with Gasteiger partial charge in [0, 0.05) is 5.56 Å². The van der Waals surface area contributed by atoms with E-state index in [2.05, 4.69) is 6.07 Å². The average molecular weight is 544 g/mol. The Morgan fingerprint density at radius 1 is 0.585 bits per heavy atom. The Bertz CT molecular complexity index is 1570. The molecule has 0 amide bonds. The predicted molar refractivity (Wildman–Crippen MR) is 155 cm³/mol. The molecule has 1 aliphatic carbocycles. The van der Waals surface area contributed by atoms with Gasteiger partial charge in [0.2, 0.25) is 0 Å². The van der Waals surface area contributed by atoms with E-state index in [1.807, 2.05) is 48.5 Å². The molecule has 0 spiro atoms. The number of esters is 2. The standard InChI is InChI=1S/C35H29NO5/c1-23(37)25-6-8-27(9-7-25)29-16-20-33(21-17-29)41-35(39)31-12-10-30(11-13-31)34(38)40-32-18-14-28(15-19-32)26-4-2-24(22-36)3-5-26/h2-9,14-21,30-31H,10-13H2,1H3/t30-,31-. The molecule has 6 heteroatoms. The maximum absolute atomic E-state index is 12.8. The molecule has 1 fully saturated rings. The molecule has 41 heavy (non-hydrogen) atoms. The van der Waals surface area contributed by atoms with Gasteiger partial charge in [-0.1, -0.05) is 60.7 Å². The number of Topliss-reactive ketones (excluding diaryl/α,β-unsaturated/α-hetero) is 1. The van der Waals surface area contributed by atoms with Gasteiger partial charge in [0.1, 0.15) is 11.5 Å². The van der Waals surface area contributed by atoms with Gasteiger partial charge in [-0.25, -0.2) is 0 Å². The van der Waals surface area contributed by atoms with E-state index in [4.69, 9.17) is 14.7 Å². The van der Waals surface area contributed by atoms with E-state index in [9.17, 15) is 14.4 Å². The molecule has 0 unspecified atom stereocenters. The number of hydrogen-bond acceptors (Lipinski definition) is 6. The Kier molecular flexibility index (Phi) is 8.36. The minimum atomic E-state index is -0.284. The maximum atomic E-state index is 12.8. The zero-order valence-electron chi connectivity index (χ0n) is 22.7. The molecular formula is C35H29NO5. The first-order valence-electron chi connectivity index (χ1n) is 13.6. The van der Waals surface area contributed by atoms with Crippen LogP contribution < -0.4 is 9.47 Å². The Morgan fingerprint density at radius 3 is 1.27 bits per heavy atom. The van der Waals surface area contributed by atoms with Crippen LogP contribution in [-0.2, 0) is 9.59 Å². The molecule has 1 saturated carbocycles. The topological polar surface area (TPSA) is 93.5 Å². The number of carbonyl (C=O) groups excluding carboxylic acids is 3. The average Bonchev–Trinajstić information content (AvgIpc) is 3.02. The van der Waals surface area contributed by atoms with E-state index < -0.39 is 0 Å². The summed E-state index contributed by atoms with van der Waals surface area (Å²) in [5, 5.41) is 8.96. The van der Waals surface area contributed by atoms with E-state index in [1.165, 1.54) is 6.92 Å². The van der Waals surface area contributed by atoms with Crippen LogP contribution in [0.15, 0.2) is 97.1 Å². The first-order valence-corrected chi connectivity index (χ1v) is 13.6. The normalized spacial score (nSPS) is 16.3. The molecule has 4 aromatic carbocycles. The second-order valence-corrected chi connectivity index (χ2v) is 10.3. The number of nitriles is 1. The second kappa shape index (κ2) is 12.4. The third-order valence-corrected chi connectivity index (χ3v) is 7.51. The number of benzene rings is 4. The van der Waals surface area contributed by atoms with Crippen LogP contribution in [-0.4, -0.2) is 17.7 Å². The molecule has 0 saturated heterocycles. The molecule has 0 aromatic heterocycles. The first-order chi connectivity index (χ1) is 19.9. The van der Waals surface area contributed by atoms with E-state index in [-0.39, 0.29) is 29.6 Å². The largest absolute Gasteiger partial charge is 0.426 e. The van der Waals surface area contributed by atoms with Crippen LogP contribution in [0.25, 0.3) is 22.3 Å². The van der Waals surface area contributed by atoms with Gasteiger partial charge in [-0.3, -0.25) is 14.4 Å². The number of nitrogens with zero attached hydrogens (tertiary/aromatic N) is 1. The predicted octanol–water partition coefficient (Wildman–Crippen LogP) is 7.41. The molecule has 0 radical (unpaired) electrons. The van der Waals surface area contributed by atoms with E-state index in [0.29, 0.717) is 48.3 Å². The van der Waals surface area contributed by atoms with Crippen molar-refractivity contribution in [1.82, 2.24) is 0 Å². The fourth-order valence-corrected chi connectivity index (χ4v) is 5.03. The molecular weight excluding hydrogens is 514 g/mol. The minimum absolute atomic E-state index is 0.0244. The smallest absolute Gasteiger partial charge is 0.314 e. The molecule has 0 heterocycles. The Labute approximate surface area is 239 Å². The summed E-state index contributed by atoms with van der Waals surface area (Å²) in [6, 6.07) is 31.4. The molecule has 5 rings (SSSR count). The molecule has 204 valence electrons. The maximum Gasteiger partial charge on any atom is 0.314 e. The molecule has 0 bridgehead atoms. The number of ketones is 1. The highest BCUT2D eigenvalue weighted by Crippen LogP contribution is 2.32. The lowest BCUT2D eigenvalue weighted by Gasteiger charge is -2.25. The van der Waals surface area contributed by atoms with Crippen LogP contribution in [0, 0.1) is 23.2 Å². The van der Waals surface area contributed by atoms with Crippen molar-refractivity contribution in [3.63, 3.8) is 0 Å². The summed E-state index contributed by atoms with van der Waals surface area (Å²) in [4.78, 5) is 37.0. The number of hydrogen-bond donors (Lipinski definition) is 0. The lowest BCUT2D eigenvalue weighted by Crippen LogP contribution is -2.30. The van der Waals surface area contributed by atoms with Crippen molar-refractivity contribution in [2.24, 2.45) is 11.8 Å². The summed E-state index contributed by atoms with van der Waals surface area (Å²) >= 11 is 0. The van der Waals surface area contributed by atoms with Crippen LogP contribution >= 0.6 is 0 Å². The van der Waals surface area contributed by atoms with Crippen molar-refractivity contribution in [3.8, 4) is 39.8 Å². The van der Waals surface area contributed by atoms with Gasteiger partial charge >= 0.3 is 11.9 Å². The molecule has 0 N–H and O–H groups in total. The highest BCUT2D eigenvalue weighted by Gasteiger charge is 2.32. The van der Waals surface area contributed by atoms with E-state index >= 15 is 0 Å². The number of rotatable bonds is 7. The van der Waals surface area contributed by atoms with E-state index in [1.54, 1.807) is 48.5 Å². The zero-order chi connectivity index (χ0) is 28.8. The molecule has 0 aliphatic heterocycles. The molecule has 1 aliphatic rings. The first kappa shape index (κ1) is 27.5. The van der Waals surface area contributed by atoms with Crippen LogP contribution in [0.2, 0.25) is 0 Å². The van der Waals surface area contributed by atoms with Crippen molar-refractivity contribution in [2.75, 3.05) is 0 Å². The van der Waals surface area contributed by atoms with Gasteiger partial charge < -0.3 is 9.47 Å². The van der Waals surface area contributed by atoms with Gasteiger partial charge in [-0.05, 0) is 91.3 Å². The summed E-state index contributed by atoms with van der Waals surface area (Å²) in [6.45, 7) is 1.54. The molecule has 0 atom stereocenters. The number of carbonyl (C=O) groups is 3. The fourth-order valence-electron chi connectivity index (χ4n) is 5.03. The van der Waals surface area contributed by atoms with Crippen molar-refractivity contribution in [2.45, 2.75) is 32.6 Å².